The Kier molecular flexibility index (Phi) is 4.30. The van der Waals surface area contributed by atoms with Crippen molar-refractivity contribution in [1.82, 2.24) is 15.3 Å². The van der Waals surface area contributed by atoms with Crippen LogP contribution in [0.4, 0.5) is 0 Å². The van der Waals surface area contributed by atoms with E-state index < -0.39 is 6.10 Å². The number of rotatable bonds is 4. The van der Waals surface area contributed by atoms with Crippen LogP contribution < -0.4 is 5.32 Å². The number of benzene rings is 2. The molecular formula is C18H17N3O2. The van der Waals surface area contributed by atoms with Gasteiger partial charge in [0.25, 0.3) is 5.91 Å². The Morgan fingerprint density at radius 1 is 1.13 bits per heavy atom. The van der Waals surface area contributed by atoms with Gasteiger partial charge in [0.15, 0.2) is 0 Å². The minimum Gasteiger partial charge on any atom is -0.387 e. The lowest BCUT2D eigenvalue weighted by molar-refractivity contribution is 0.0911. The van der Waals surface area contributed by atoms with Crippen molar-refractivity contribution in [3.05, 3.63) is 71.5 Å². The van der Waals surface area contributed by atoms with E-state index in [1.54, 1.807) is 6.07 Å². The van der Waals surface area contributed by atoms with Crippen LogP contribution in [0.1, 0.15) is 27.7 Å². The topological polar surface area (TPSA) is 75.1 Å². The largest absolute Gasteiger partial charge is 0.387 e. The van der Waals surface area contributed by atoms with Gasteiger partial charge in [0, 0.05) is 6.54 Å². The minimum atomic E-state index is -0.756. The number of aliphatic hydroxyl groups excluding tert-OH is 1. The van der Waals surface area contributed by atoms with Gasteiger partial charge in [0.05, 0.1) is 23.3 Å². The number of carbonyl (C=O) groups excluding carboxylic acids is 1. The van der Waals surface area contributed by atoms with Crippen LogP contribution >= 0.6 is 0 Å². The van der Waals surface area contributed by atoms with E-state index in [0.29, 0.717) is 5.52 Å². The summed E-state index contributed by atoms with van der Waals surface area (Å²) < 4.78 is 0. The minimum absolute atomic E-state index is 0.123. The molecule has 0 aliphatic carbocycles. The summed E-state index contributed by atoms with van der Waals surface area (Å²) in [6.07, 6.45) is 0.686. The molecule has 0 fully saturated rings. The van der Waals surface area contributed by atoms with E-state index in [-0.39, 0.29) is 18.1 Å². The third-order valence-electron chi connectivity index (χ3n) is 3.68. The summed E-state index contributed by atoms with van der Waals surface area (Å²) in [5.74, 6) is -0.351. The van der Waals surface area contributed by atoms with Crippen LogP contribution in [-0.2, 0) is 0 Å². The van der Waals surface area contributed by atoms with Crippen molar-refractivity contribution in [2.24, 2.45) is 0 Å². The Bertz CT molecular complexity index is 848. The van der Waals surface area contributed by atoms with Crippen LogP contribution in [0.5, 0.6) is 0 Å². The van der Waals surface area contributed by atoms with Crippen LogP contribution in [0.2, 0.25) is 0 Å². The lowest BCUT2D eigenvalue weighted by Crippen LogP contribution is -2.29. The van der Waals surface area contributed by atoms with Gasteiger partial charge in [-0.15, -0.1) is 0 Å². The molecule has 3 aromatic rings. The Balaban J connectivity index is 1.70. The average molecular weight is 307 g/mol. The lowest BCUT2D eigenvalue weighted by atomic mass is 10.0. The first kappa shape index (κ1) is 15.1. The smallest absolute Gasteiger partial charge is 0.271 e. The monoisotopic (exact) mass is 307 g/mol. The van der Waals surface area contributed by atoms with Crippen molar-refractivity contribution in [2.45, 2.75) is 13.0 Å². The molecular weight excluding hydrogens is 290 g/mol. The molecule has 0 saturated heterocycles. The van der Waals surface area contributed by atoms with Crippen molar-refractivity contribution < 1.29 is 9.90 Å². The first-order valence-corrected chi connectivity index (χ1v) is 7.39. The molecule has 0 spiro atoms. The summed E-state index contributed by atoms with van der Waals surface area (Å²) in [5, 5.41) is 12.9. The van der Waals surface area contributed by atoms with Gasteiger partial charge in [-0.3, -0.25) is 9.78 Å². The molecule has 1 heterocycles. The highest BCUT2D eigenvalue weighted by Crippen LogP contribution is 2.16. The summed E-state index contributed by atoms with van der Waals surface area (Å²) in [5.41, 5.74) is 3.43. The standard InChI is InChI=1S/C18H17N3O2/c1-12-6-2-3-7-13(12)17(22)11-20-18(23)16-10-19-14-8-4-5-9-15(14)21-16/h2-10,17,22H,11H2,1H3,(H,20,23)/t17-/m1/s1. The summed E-state index contributed by atoms with van der Waals surface area (Å²) >= 11 is 0. The zero-order valence-electron chi connectivity index (χ0n) is 12.7. The van der Waals surface area contributed by atoms with E-state index in [2.05, 4.69) is 15.3 Å². The van der Waals surface area contributed by atoms with Crippen LogP contribution in [0.25, 0.3) is 11.0 Å². The number of aromatic nitrogens is 2. The second kappa shape index (κ2) is 6.54. The molecule has 5 heteroatoms. The molecule has 116 valence electrons. The number of fused-ring (bicyclic) bond motifs is 1. The third kappa shape index (κ3) is 3.35. The summed E-state index contributed by atoms with van der Waals surface area (Å²) in [6.45, 7) is 2.05. The number of hydrogen-bond donors (Lipinski definition) is 2. The molecule has 3 rings (SSSR count). The third-order valence-corrected chi connectivity index (χ3v) is 3.68. The predicted octanol–water partition coefficient (Wildman–Crippen LogP) is 2.40. The van der Waals surface area contributed by atoms with E-state index >= 15 is 0 Å². The van der Waals surface area contributed by atoms with Gasteiger partial charge in [-0.25, -0.2) is 4.98 Å². The van der Waals surface area contributed by atoms with E-state index in [9.17, 15) is 9.90 Å². The second-order valence-corrected chi connectivity index (χ2v) is 5.33. The van der Waals surface area contributed by atoms with Crippen LogP contribution in [0.15, 0.2) is 54.7 Å². The maximum Gasteiger partial charge on any atom is 0.271 e. The van der Waals surface area contributed by atoms with Crippen molar-refractivity contribution in [3.8, 4) is 0 Å². The summed E-state index contributed by atoms with van der Waals surface area (Å²) in [6, 6.07) is 14.9. The summed E-state index contributed by atoms with van der Waals surface area (Å²) in [7, 11) is 0. The van der Waals surface area contributed by atoms with Gasteiger partial charge < -0.3 is 10.4 Å². The van der Waals surface area contributed by atoms with Crippen LogP contribution in [-0.4, -0.2) is 27.5 Å². The number of nitrogens with zero attached hydrogens (tertiary/aromatic N) is 2. The number of para-hydroxylation sites is 2. The zero-order valence-corrected chi connectivity index (χ0v) is 12.7. The van der Waals surface area contributed by atoms with E-state index in [4.69, 9.17) is 0 Å². The van der Waals surface area contributed by atoms with Crippen LogP contribution in [0, 0.1) is 6.92 Å². The van der Waals surface area contributed by atoms with Gasteiger partial charge >= 0.3 is 0 Å². The highest BCUT2D eigenvalue weighted by atomic mass is 16.3. The van der Waals surface area contributed by atoms with Crippen molar-refractivity contribution in [3.63, 3.8) is 0 Å². The van der Waals surface area contributed by atoms with Gasteiger partial charge in [0.2, 0.25) is 0 Å². The number of carbonyl (C=O) groups is 1. The van der Waals surface area contributed by atoms with Crippen molar-refractivity contribution in [2.75, 3.05) is 6.54 Å². The normalized spacial score (nSPS) is 12.1. The number of nitrogens with one attached hydrogen (secondary N) is 1. The van der Waals surface area contributed by atoms with Crippen molar-refractivity contribution >= 4 is 16.9 Å². The Labute approximate surface area is 134 Å². The second-order valence-electron chi connectivity index (χ2n) is 5.33. The number of amides is 1. The van der Waals surface area contributed by atoms with E-state index in [1.165, 1.54) is 6.20 Å². The van der Waals surface area contributed by atoms with Gasteiger partial charge in [-0.2, -0.15) is 0 Å². The molecule has 2 aromatic carbocycles. The fourth-order valence-electron chi connectivity index (χ4n) is 2.42. The molecule has 0 bridgehead atoms. The molecule has 0 saturated carbocycles. The molecule has 1 aromatic heterocycles. The molecule has 1 amide bonds. The zero-order chi connectivity index (χ0) is 16.2. The fraction of sp³-hybridized carbons (Fsp3) is 0.167. The fourth-order valence-corrected chi connectivity index (χ4v) is 2.42. The molecule has 5 nitrogen and oxygen atoms in total. The molecule has 0 radical (unpaired) electrons. The first-order valence-electron chi connectivity index (χ1n) is 7.39. The number of aliphatic hydroxyl groups is 1. The van der Waals surface area contributed by atoms with E-state index in [1.807, 2.05) is 49.4 Å². The quantitative estimate of drug-likeness (QED) is 0.776. The Morgan fingerprint density at radius 3 is 2.61 bits per heavy atom. The van der Waals surface area contributed by atoms with Gasteiger partial charge in [0.1, 0.15) is 5.69 Å². The van der Waals surface area contributed by atoms with Crippen molar-refractivity contribution in [1.29, 1.82) is 0 Å². The molecule has 0 unspecified atom stereocenters. The SMILES string of the molecule is Cc1ccccc1[C@H](O)CNC(=O)c1cnc2ccccc2n1. The lowest BCUT2D eigenvalue weighted by Gasteiger charge is -2.14. The Morgan fingerprint density at radius 2 is 1.83 bits per heavy atom. The molecule has 1 atom stereocenters. The highest BCUT2D eigenvalue weighted by Gasteiger charge is 2.13. The predicted molar refractivity (Wildman–Crippen MR) is 88.0 cm³/mol. The van der Waals surface area contributed by atoms with Crippen LogP contribution in [0.3, 0.4) is 0 Å². The Hall–Kier alpha value is -2.79. The first-order chi connectivity index (χ1) is 11.1. The number of hydrogen-bond acceptors (Lipinski definition) is 4. The maximum absolute atomic E-state index is 12.2. The number of aryl methyl sites for hydroxylation is 1. The van der Waals surface area contributed by atoms with E-state index in [0.717, 1.165) is 16.6 Å². The molecule has 0 aliphatic rings. The van der Waals surface area contributed by atoms with Gasteiger partial charge in [-0.1, -0.05) is 36.4 Å². The molecule has 0 aliphatic heterocycles. The highest BCUT2D eigenvalue weighted by molar-refractivity contribution is 5.93. The molecule has 2 N–H and O–H groups in total. The summed E-state index contributed by atoms with van der Waals surface area (Å²) in [4.78, 5) is 20.7. The molecule has 23 heavy (non-hydrogen) atoms. The average Bonchev–Trinajstić information content (AvgIpc) is 2.59. The maximum atomic E-state index is 12.2. The van der Waals surface area contributed by atoms with Gasteiger partial charge in [-0.05, 0) is 30.2 Å².